The first-order valence-electron chi connectivity index (χ1n) is 23.8. The van der Waals surface area contributed by atoms with Crippen molar-refractivity contribution in [2.75, 3.05) is 26.4 Å². The minimum Gasteiger partial charge on any atom is -0.394 e. The van der Waals surface area contributed by atoms with Crippen molar-refractivity contribution >= 4 is 5.78 Å². The van der Waals surface area contributed by atoms with E-state index in [0.29, 0.717) is 32.1 Å². The molecule has 20 heteroatoms. The van der Waals surface area contributed by atoms with Gasteiger partial charge in [0.1, 0.15) is 79.0 Å². The standard InChI is InChI=1S/C45H74O20/c1-18(17-59-40-37(56)34(53)31(50)26(14-46)61-40)7-10-45(58)19(2)30-25(65-45)12-24-22-6-5-20-11-21(8-9-43(20,3)23(22)13-29(49)44(24,30)4)60-42-39(36(55)33(52)28(16-48)63-42)64-41-38(57)35(54)32(51)27(15-47)62-41/h18-28,30-42,46-48,50-58H,5-17H2,1-4H3/t18-,19+,20-,21+,22-,23+,24+,25+,26-,27-,28-,30+,31-,32-,33+,34+,35+,36+,37-,38-,39-,40-,41+,42-,43+,44-,45?/m1/s1. The van der Waals surface area contributed by atoms with Crippen molar-refractivity contribution in [3.05, 3.63) is 0 Å². The summed E-state index contributed by atoms with van der Waals surface area (Å²) in [6.45, 7) is 6.47. The maximum absolute atomic E-state index is 14.7. The van der Waals surface area contributed by atoms with E-state index in [1.807, 2.05) is 13.8 Å². The van der Waals surface area contributed by atoms with Crippen LogP contribution < -0.4 is 0 Å². The molecule has 0 aromatic carbocycles. The van der Waals surface area contributed by atoms with Gasteiger partial charge in [-0.1, -0.05) is 27.7 Å². The molecule has 12 N–H and O–H groups in total. The molecule has 0 aromatic heterocycles. The highest BCUT2D eigenvalue weighted by atomic mass is 16.8. The molecule has 0 bridgehead atoms. The fourth-order valence-electron chi connectivity index (χ4n) is 13.8. The Morgan fingerprint density at radius 1 is 0.708 bits per heavy atom. The number of aliphatic hydroxyl groups is 12. The van der Waals surface area contributed by atoms with E-state index in [1.54, 1.807) is 0 Å². The number of fused-ring (bicyclic) bond motifs is 7. The van der Waals surface area contributed by atoms with Crippen LogP contribution in [0.1, 0.15) is 85.5 Å². The molecule has 65 heavy (non-hydrogen) atoms. The molecule has 0 amide bonds. The highest BCUT2D eigenvalue weighted by molar-refractivity contribution is 5.87. The molecule has 8 aliphatic rings. The zero-order valence-electron chi connectivity index (χ0n) is 37.7. The molecule has 0 spiro atoms. The fraction of sp³-hybridized carbons (Fsp3) is 0.978. The third-order valence-corrected chi connectivity index (χ3v) is 17.9. The number of hydrogen-bond donors (Lipinski definition) is 12. The number of hydrogen-bond acceptors (Lipinski definition) is 20. The van der Waals surface area contributed by atoms with Crippen molar-refractivity contribution in [3.8, 4) is 0 Å². The van der Waals surface area contributed by atoms with E-state index in [9.17, 15) is 66.1 Å². The van der Waals surface area contributed by atoms with Crippen molar-refractivity contribution in [1.82, 2.24) is 0 Å². The lowest BCUT2D eigenvalue weighted by Crippen LogP contribution is -2.65. The van der Waals surface area contributed by atoms with Gasteiger partial charge < -0.3 is 94.4 Å². The second kappa shape index (κ2) is 19.3. The van der Waals surface area contributed by atoms with Crippen LogP contribution >= 0.6 is 0 Å². The highest BCUT2D eigenvalue weighted by Crippen LogP contribution is 2.70. The molecule has 1 unspecified atom stereocenters. The summed E-state index contributed by atoms with van der Waals surface area (Å²) >= 11 is 0. The molecule has 8 fully saturated rings. The topological polar surface area (TPSA) is 324 Å². The van der Waals surface area contributed by atoms with Crippen LogP contribution in [0, 0.1) is 52.3 Å². The largest absolute Gasteiger partial charge is 0.394 e. The minimum atomic E-state index is -1.78. The molecule has 4 aliphatic heterocycles. The maximum atomic E-state index is 14.7. The summed E-state index contributed by atoms with van der Waals surface area (Å²) in [5, 5.41) is 125. The summed E-state index contributed by atoms with van der Waals surface area (Å²) in [6.07, 6.45) is -17.4. The number of aliphatic hydroxyl groups excluding tert-OH is 11. The van der Waals surface area contributed by atoms with E-state index >= 15 is 0 Å². The third kappa shape index (κ3) is 8.69. The molecule has 8 rings (SSSR count). The van der Waals surface area contributed by atoms with Gasteiger partial charge in [0, 0.05) is 30.1 Å². The zero-order chi connectivity index (χ0) is 47.1. The van der Waals surface area contributed by atoms with Crippen LogP contribution in [0.25, 0.3) is 0 Å². The van der Waals surface area contributed by atoms with Crippen LogP contribution in [0.5, 0.6) is 0 Å². The number of ketones is 1. The zero-order valence-corrected chi connectivity index (χ0v) is 37.7. The second-order valence-electron chi connectivity index (χ2n) is 21.3. The van der Waals surface area contributed by atoms with Crippen molar-refractivity contribution < 1.29 is 99.2 Å². The summed E-state index contributed by atoms with van der Waals surface area (Å²) in [5.74, 6) is -1.26. The number of carbonyl (C=O) groups is 1. The molecular weight excluding hydrogens is 860 g/mol. The molecule has 4 aliphatic carbocycles. The Kier molecular flexibility index (Phi) is 14.9. The quantitative estimate of drug-likeness (QED) is 0.0843. The highest BCUT2D eigenvalue weighted by Gasteiger charge is 2.71. The van der Waals surface area contributed by atoms with Gasteiger partial charge in [-0.15, -0.1) is 0 Å². The van der Waals surface area contributed by atoms with Gasteiger partial charge in [0.05, 0.1) is 38.6 Å². The van der Waals surface area contributed by atoms with Crippen LogP contribution in [0.15, 0.2) is 0 Å². The Morgan fingerprint density at radius 3 is 1.92 bits per heavy atom. The minimum absolute atomic E-state index is 0.0765. The fourth-order valence-corrected chi connectivity index (χ4v) is 13.8. The number of Topliss-reactive ketones (excluding diaryl/α,β-unsaturated/α-hetero) is 1. The Bertz CT molecular complexity index is 1640. The van der Waals surface area contributed by atoms with E-state index in [1.165, 1.54) is 0 Å². The molecule has 4 saturated heterocycles. The predicted molar refractivity (Wildman–Crippen MR) is 219 cm³/mol. The number of rotatable bonds is 13. The van der Waals surface area contributed by atoms with Crippen LogP contribution in [0.2, 0.25) is 0 Å². The van der Waals surface area contributed by atoms with E-state index in [0.717, 1.165) is 19.3 Å². The monoisotopic (exact) mass is 934 g/mol. The van der Waals surface area contributed by atoms with E-state index in [-0.39, 0.29) is 71.8 Å². The van der Waals surface area contributed by atoms with Crippen LogP contribution in [0.4, 0.5) is 0 Å². The first-order chi connectivity index (χ1) is 30.7. The molecule has 0 aromatic rings. The first-order valence-corrected chi connectivity index (χ1v) is 23.8. The van der Waals surface area contributed by atoms with Gasteiger partial charge in [-0.25, -0.2) is 0 Å². The maximum Gasteiger partial charge on any atom is 0.187 e. The molecule has 27 atom stereocenters. The van der Waals surface area contributed by atoms with E-state index < -0.39 is 129 Å². The average Bonchev–Trinajstić information content (AvgIpc) is 3.73. The number of ether oxygens (including phenoxy) is 7. The lowest BCUT2D eigenvalue weighted by Gasteiger charge is -2.60. The van der Waals surface area contributed by atoms with Gasteiger partial charge in [0.25, 0.3) is 0 Å². The van der Waals surface area contributed by atoms with Gasteiger partial charge >= 0.3 is 0 Å². The molecule has 0 radical (unpaired) electrons. The van der Waals surface area contributed by atoms with Crippen molar-refractivity contribution in [2.45, 2.75) is 196 Å². The lowest BCUT2D eigenvalue weighted by molar-refractivity contribution is -0.373. The second-order valence-corrected chi connectivity index (χ2v) is 21.3. The van der Waals surface area contributed by atoms with Gasteiger partial charge in [-0.05, 0) is 80.0 Å². The lowest BCUT2D eigenvalue weighted by atomic mass is 9.44. The third-order valence-electron chi connectivity index (χ3n) is 17.9. The molecule has 20 nitrogen and oxygen atoms in total. The summed E-state index contributed by atoms with van der Waals surface area (Å²) in [4.78, 5) is 14.7. The van der Waals surface area contributed by atoms with Crippen LogP contribution in [-0.4, -0.2) is 204 Å². The SMILES string of the molecule is C[C@H](CCC1(O)O[C@H]2C[C@H]3[C@@H]4CC[C@@H]5C[C@@H](O[C@@H]6O[C@H](CO)[C@H](O)[C@H](O)[C@H]6O[C@@H]6O[C@H](CO)[C@@H](O)[C@H](O)[C@H]6O)CC[C@]5(C)[C@H]4CC(=O)[C@]3(C)[C@H]2[C@@H]1C)CO[C@@H]1O[C@H](CO)[C@@H](O)[C@H](O)[C@H]1O. The van der Waals surface area contributed by atoms with Crippen molar-refractivity contribution in [3.63, 3.8) is 0 Å². The Labute approximate surface area is 378 Å². The van der Waals surface area contributed by atoms with Gasteiger partial charge in [0.2, 0.25) is 0 Å². The first kappa shape index (κ1) is 50.3. The van der Waals surface area contributed by atoms with Crippen molar-refractivity contribution in [2.24, 2.45) is 52.3 Å². The Balaban J connectivity index is 0.887. The van der Waals surface area contributed by atoms with E-state index in [4.69, 9.17) is 33.2 Å². The van der Waals surface area contributed by atoms with Crippen LogP contribution in [-0.2, 0) is 38.0 Å². The average molecular weight is 935 g/mol. The van der Waals surface area contributed by atoms with Gasteiger partial charge in [-0.2, -0.15) is 0 Å². The normalized spacial score (nSPS) is 55.0. The van der Waals surface area contributed by atoms with E-state index in [2.05, 4.69) is 13.8 Å². The summed E-state index contributed by atoms with van der Waals surface area (Å²) in [6, 6.07) is 0. The molecule has 374 valence electrons. The summed E-state index contributed by atoms with van der Waals surface area (Å²) in [5.41, 5.74) is -0.874. The molecular formula is C45H74O20. The predicted octanol–water partition coefficient (Wildman–Crippen LogP) is -2.60. The van der Waals surface area contributed by atoms with Gasteiger partial charge in [-0.3, -0.25) is 4.79 Å². The molecule has 4 heterocycles. The van der Waals surface area contributed by atoms with Crippen molar-refractivity contribution in [1.29, 1.82) is 0 Å². The van der Waals surface area contributed by atoms with Gasteiger partial charge in [0.15, 0.2) is 24.7 Å². The Morgan fingerprint density at radius 2 is 1.29 bits per heavy atom. The summed E-state index contributed by atoms with van der Waals surface area (Å²) in [7, 11) is 0. The smallest absolute Gasteiger partial charge is 0.187 e. The van der Waals surface area contributed by atoms with Crippen LogP contribution in [0.3, 0.4) is 0 Å². The molecule has 4 saturated carbocycles. The number of carbonyl (C=O) groups excluding carboxylic acids is 1. The summed E-state index contributed by atoms with van der Waals surface area (Å²) < 4.78 is 41.7. The Hall–Kier alpha value is -1.09.